The van der Waals surface area contributed by atoms with Crippen LogP contribution in [0.15, 0.2) is 85.1 Å². The van der Waals surface area contributed by atoms with E-state index in [1.165, 1.54) is 24.3 Å². The number of H-pyrrole nitrogens is 1. The third-order valence-electron chi connectivity index (χ3n) is 17.1. The summed E-state index contributed by atoms with van der Waals surface area (Å²) >= 11 is 0. The van der Waals surface area contributed by atoms with E-state index in [-0.39, 0.29) is 158 Å². The third-order valence-corrected chi connectivity index (χ3v) is 17.1. The van der Waals surface area contributed by atoms with Gasteiger partial charge >= 0.3 is 5.97 Å². The molecule has 38 heteroatoms. The minimum atomic E-state index is -1.57. The summed E-state index contributed by atoms with van der Waals surface area (Å²) in [5.74, 6) is -11.6. The number of rotatable bonds is 49. The number of aromatic amines is 1. The first kappa shape index (κ1) is 89.4. The van der Waals surface area contributed by atoms with Crippen molar-refractivity contribution in [1.82, 2.24) is 79.4 Å². The van der Waals surface area contributed by atoms with Gasteiger partial charge in [-0.25, -0.2) is 4.79 Å². The van der Waals surface area contributed by atoms with Gasteiger partial charge in [0.15, 0.2) is 29.8 Å². The lowest BCUT2D eigenvalue weighted by molar-refractivity contribution is -0.142. The third kappa shape index (κ3) is 34.4. The second-order valence-electron chi connectivity index (χ2n) is 27.3. The highest BCUT2D eigenvalue weighted by atomic mass is 16.4. The van der Waals surface area contributed by atoms with Crippen molar-refractivity contribution in [2.75, 3.05) is 32.7 Å². The fourth-order valence-corrected chi connectivity index (χ4v) is 11.6. The van der Waals surface area contributed by atoms with Gasteiger partial charge in [0.2, 0.25) is 53.2 Å². The van der Waals surface area contributed by atoms with Crippen molar-refractivity contribution >= 4 is 99.8 Å². The normalized spacial score (nSPS) is 13.8. The van der Waals surface area contributed by atoms with Crippen LogP contribution in [-0.2, 0) is 67.2 Å². The smallest absolute Gasteiger partial charge is 0.326 e. The van der Waals surface area contributed by atoms with Gasteiger partial charge in [-0.3, -0.25) is 70.2 Å². The minimum Gasteiger partial charge on any atom is -0.508 e. The number of aliphatic carboxylic acids is 1. The second kappa shape index (κ2) is 46.9. The number of hydrogen-bond acceptors (Lipinski definition) is 17. The van der Waals surface area contributed by atoms with Crippen LogP contribution in [0.2, 0.25) is 0 Å². The van der Waals surface area contributed by atoms with Gasteiger partial charge in [0.25, 0.3) is 0 Å². The molecule has 0 saturated carbocycles. The maximum Gasteiger partial charge on any atom is 0.326 e. The van der Waals surface area contributed by atoms with Crippen molar-refractivity contribution in [3.8, 4) is 5.75 Å². The molecule has 598 valence electrons. The number of carboxylic acids is 1. The maximum absolute atomic E-state index is 15.2. The van der Waals surface area contributed by atoms with Crippen LogP contribution < -0.4 is 109 Å². The zero-order valence-corrected chi connectivity index (χ0v) is 62.1. The molecule has 34 N–H and O–H groups in total. The molecule has 0 spiro atoms. The number of aromatic hydroxyl groups is 1. The first-order valence-electron chi connectivity index (χ1n) is 36.2. The molecule has 4 rings (SSSR count). The highest BCUT2D eigenvalue weighted by Gasteiger charge is 2.37. The Morgan fingerprint density at radius 2 is 0.679 bits per heavy atom. The summed E-state index contributed by atoms with van der Waals surface area (Å²) in [6.07, 6.45) is 1.55. The van der Waals surface area contributed by atoms with Crippen LogP contribution in [0.1, 0.15) is 121 Å². The molecule has 0 unspecified atom stereocenters. The molecule has 109 heavy (non-hydrogen) atoms. The molecule has 0 saturated heterocycles. The van der Waals surface area contributed by atoms with E-state index in [9.17, 15) is 39.0 Å². The molecule has 10 atom stereocenters. The van der Waals surface area contributed by atoms with E-state index in [0.29, 0.717) is 34.0 Å². The average molecular weight is 1520 g/mol. The lowest BCUT2D eigenvalue weighted by atomic mass is 9.99. The predicted molar refractivity (Wildman–Crippen MR) is 412 cm³/mol. The molecule has 9 amide bonds. The van der Waals surface area contributed by atoms with Crippen molar-refractivity contribution in [2.45, 2.75) is 184 Å². The Bertz CT molecular complexity index is 3710. The standard InChI is InChI=1S/C71H112N26O12/c1-39(2)33-52(62(104)95-54(35-42-24-26-44(98)27-25-42)64(106)91-49(21-12-30-85-69(77)78)58(100)90-51(23-14-32-87-71(81)82)61(103)97-56(66(108)109)36-41-15-6-5-7-16-41)94-60(102)50(22-13-31-86-70(79)80)92-65(107)55(37-43-38-88-47-19-9-8-17-45(43)47)96-63(105)53(34-40(3)4)93-59(101)48(20-11-29-84-68(75)76)89-57(99)46(72)18-10-28-83-67(73)74/h5-9,15-17,19,24-27,38-40,46,48-56,88,98H,10-14,18,20-23,28-37,72H2,1-4H3,(H,89,99)(H,90,100)(H,91,106)(H,92,107)(H,93,101)(H,94,102)(H,95,104)(H,96,105)(H,97,103)(H,108,109)(H4,73,74,83)(H4,75,76,84)(H4,77,78,85)(H4,79,80,86)(H4,81,82,87)/t46-,48-,49-,50-,51-,52-,53-,54-,55-,56-/m0/s1. The van der Waals surface area contributed by atoms with Crippen LogP contribution in [-0.4, -0.2) is 197 Å². The van der Waals surface area contributed by atoms with E-state index >= 15 is 19.2 Å². The fraction of sp³-hybridized carbons (Fsp3) is 0.507. The van der Waals surface area contributed by atoms with Gasteiger partial charge < -0.3 is 124 Å². The Labute approximate surface area is 632 Å². The van der Waals surface area contributed by atoms with Gasteiger partial charge in [0.05, 0.1) is 6.04 Å². The minimum absolute atomic E-state index is 0.00470. The van der Waals surface area contributed by atoms with Crippen molar-refractivity contribution < 1.29 is 58.2 Å². The number of guanidine groups is 5. The summed E-state index contributed by atoms with van der Waals surface area (Å²) in [7, 11) is 0. The summed E-state index contributed by atoms with van der Waals surface area (Å²) in [6, 6.07) is 7.21. The van der Waals surface area contributed by atoms with Crippen molar-refractivity contribution in [3.63, 3.8) is 0 Å². The molecule has 1 aromatic heterocycles. The van der Waals surface area contributed by atoms with Crippen LogP contribution in [0.5, 0.6) is 5.75 Å². The lowest BCUT2D eigenvalue weighted by Gasteiger charge is -2.29. The van der Waals surface area contributed by atoms with Crippen LogP contribution in [0.3, 0.4) is 0 Å². The largest absolute Gasteiger partial charge is 0.508 e. The first-order valence-corrected chi connectivity index (χ1v) is 36.2. The Morgan fingerprint density at radius 3 is 1.06 bits per heavy atom. The Hall–Kier alpha value is -12.0. The number of carboxylic acid groups (broad SMARTS) is 1. The van der Waals surface area contributed by atoms with Gasteiger partial charge in [0.1, 0.15) is 60.1 Å². The zero-order valence-electron chi connectivity index (χ0n) is 62.1. The number of fused-ring (bicyclic) bond motifs is 1. The number of hydrogen-bond donors (Lipinski definition) is 28. The number of phenolic OH excluding ortho intramolecular Hbond substituents is 1. The van der Waals surface area contributed by atoms with Gasteiger partial charge in [-0.2, -0.15) is 0 Å². The maximum atomic E-state index is 15.2. The van der Waals surface area contributed by atoms with E-state index in [2.05, 4.69) is 79.4 Å². The summed E-state index contributed by atoms with van der Waals surface area (Å²) in [5.41, 5.74) is 36.1. The molecule has 3 aromatic carbocycles. The molecular formula is C71H112N26O12. The molecule has 1 heterocycles. The number of phenols is 1. The van der Waals surface area contributed by atoms with Crippen molar-refractivity contribution in [2.24, 2.45) is 46.2 Å². The quantitative estimate of drug-likeness (QED) is 0.0120. The second-order valence-corrected chi connectivity index (χ2v) is 27.3. The average Bonchev–Trinajstić information content (AvgIpc) is 1.68. The van der Waals surface area contributed by atoms with E-state index < -0.39 is 131 Å². The molecule has 0 aliphatic carbocycles. The number of benzene rings is 3. The lowest BCUT2D eigenvalue weighted by Crippen LogP contribution is -2.61. The number of aromatic nitrogens is 1. The first-order chi connectivity index (χ1) is 51.7. The molecular weight excluding hydrogens is 1410 g/mol. The van der Waals surface area contributed by atoms with Crippen LogP contribution >= 0.6 is 0 Å². The molecule has 38 nitrogen and oxygen atoms in total. The Kier molecular flexibility index (Phi) is 38.4. The van der Waals surface area contributed by atoms with E-state index in [1.807, 2.05) is 0 Å². The van der Waals surface area contributed by atoms with Gasteiger partial charge in [-0.05, 0) is 124 Å². The summed E-state index contributed by atoms with van der Waals surface area (Å²) < 4.78 is 0. The van der Waals surface area contributed by atoms with E-state index in [0.717, 1.165) is 0 Å². The molecule has 4 aromatic rings. The SMILES string of the molecule is CC(C)C[C@H](NC(=O)[C@H](CCCNC(=N)N)NC(=O)[C@H](Cc1c[nH]c2ccccc12)NC(=O)[C@H](CC(C)C)NC(=O)[C@H](CCCNC(=N)N)NC(=O)[C@@H](N)CCCNC(=N)N)C(=O)N[C@@H](Cc1ccc(O)cc1)C(=O)N[C@@H](CCCNC(=N)N)C(=O)N[C@@H](CCCNC(=N)N)C(=O)N[C@@H](Cc1ccccc1)C(=O)O. The fourth-order valence-electron chi connectivity index (χ4n) is 11.6. The topological polar surface area (TPSA) is 671 Å². The van der Waals surface area contributed by atoms with E-state index in [1.54, 1.807) is 88.5 Å². The number of nitrogens with one attached hydrogen (secondary N) is 20. The van der Waals surface area contributed by atoms with Gasteiger partial charge in [-0.15, -0.1) is 0 Å². The predicted octanol–water partition coefficient (Wildman–Crippen LogP) is -2.91. The monoisotopic (exact) mass is 1520 g/mol. The highest BCUT2D eigenvalue weighted by Crippen LogP contribution is 2.21. The number of amides is 9. The molecule has 0 aliphatic heterocycles. The van der Waals surface area contributed by atoms with E-state index in [4.69, 9.17) is 61.4 Å². The van der Waals surface area contributed by atoms with Crippen LogP contribution in [0, 0.1) is 38.9 Å². The van der Waals surface area contributed by atoms with Crippen LogP contribution in [0.4, 0.5) is 0 Å². The Morgan fingerprint density at radius 1 is 0.376 bits per heavy atom. The van der Waals surface area contributed by atoms with Crippen molar-refractivity contribution in [1.29, 1.82) is 27.0 Å². The summed E-state index contributed by atoms with van der Waals surface area (Å²) in [5, 5.41) is 96.9. The highest BCUT2D eigenvalue weighted by molar-refractivity contribution is 5.99. The number of carbonyl (C=O) groups is 10. The van der Waals surface area contributed by atoms with Crippen molar-refractivity contribution in [3.05, 3.63) is 102 Å². The Balaban J connectivity index is 1.73. The molecule has 0 bridgehead atoms. The van der Waals surface area contributed by atoms with Gasteiger partial charge in [0, 0.05) is 69.1 Å². The number of para-hydroxylation sites is 1. The molecule has 0 fully saturated rings. The number of nitrogens with two attached hydrogens (primary N) is 6. The summed E-state index contributed by atoms with van der Waals surface area (Å²) in [4.78, 5) is 148. The van der Waals surface area contributed by atoms with Crippen LogP contribution in [0.25, 0.3) is 10.9 Å². The summed E-state index contributed by atoms with van der Waals surface area (Å²) in [6.45, 7) is 7.64. The molecule has 0 radical (unpaired) electrons. The molecule has 0 aliphatic rings. The zero-order chi connectivity index (χ0) is 80.7. The van der Waals surface area contributed by atoms with Gasteiger partial charge in [-0.1, -0.05) is 88.4 Å². The number of carbonyl (C=O) groups excluding carboxylic acids is 9.